The lowest BCUT2D eigenvalue weighted by atomic mass is 9.98. The summed E-state index contributed by atoms with van der Waals surface area (Å²) in [6.07, 6.45) is 4.01. The van der Waals surface area contributed by atoms with Gasteiger partial charge in [0.25, 0.3) is 0 Å². The number of ether oxygens (including phenoxy) is 2. The number of hydrogen-bond acceptors (Lipinski definition) is 4. The van der Waals surface area contributed by atoms with E-state index in [4.69, 9.17) is 26.2 Å². The molecule has 0 radical (unpaired) electrons. The average molecular weight is 414 g/mol. The van der Waals surface area contributed by atoms with Crippen LogP contribution in [0.25, 0.3) is 6.08 Å². The van der Waals surface area contributed by atoms with Crippen LogP contribution in [-0.4, -0.2) is 48.8 Å². The fraction of sp³-hybridized carbons (Fsp3) is 0.348. The average Bonchev–Trinajstić information content (AvgIpc) is 2.68. The van der Waals surface area contributed by atoms with Crippen molar-refractivity contribution < 1.29 is 19.4 Å². The Balaban J connectivity index is 1.25. The molecule has 1 saturated heterocycles. The molecule has 2 aromatic carbocycles. The van der Waals surface area contributed by atoms with E-state index in [1.807, 2.05) is 42.5 Å². The number of aliphatic carboxylic acids is 1. The summed E-state index contributed by atoms with van der Waals surface area (Å²) in [6, 6.07) is 13.8. The van der Waals surface area contributed by atoms with E-state index in [2.05, 4.69) is 11.0 Å². The van der Waals surface area contributed by atoms with Crippen molar-refractivity contribution in [3.63, 3.8) is 0 Å². The number of hydrogen-bond donors (Lipinski definition) is 1. The van der Waals surface area contributed by atoms with Crippen molar-refractivity contribution in [3.8, 4) is 11.5 Å². The molecule has 1 N–H and O–H groups in total. The van der Waals surface area contributed by atoms with Gasteiger partial charge in [-0.25, -0.2) is 0 Å². The second-order valence-electron chi connectivity index (χ2n) is 7.60. The Hall–Kier alpha value is -2.50. The van der Waals surface area contributed by atoms with Gasteiger partial charge >= 0.3 is 5.97 Å². The highest BCUT2D eigenvalue weighted by Crippen LogP contribution is 2.31. The highest BCUT2D eigenvalue weighted by atomic mass is 35.5. The highest BCUT2D eigenvalue weighted by molar-refractivity contribution is 6.30. The zero-order valence-corrected chi connectivity index (χ0v) is 16.9. The second kappa shape index (κ2) is 8.89. The molecule has 0 bridgehead atoms. The molecule has 152 valence electrons. The quantitative estimate of drug-likeness (QED) is 0.659. The summed E-state index contributed by atoms with van der Waals surface area (Å²) in [6.45, 7) is 3.15. The topological polar surface area (TPSA) is 59.0 Å². The number of carbonyl (C=O) groups is 1. The van der Waals surface area contributed by atoms with Crippen LogP contribution in [0.15, 0.2) is 48.0 Å². The summed E-state index contributed by atoms with van der Waals surface area (Å²) in [5.74, 6) is 0.702. The molecule has 0 aromatic heterocycles. The van der Waals surface area contributed by atoms with E-state index in [0.717, 1.165) is 47.0 Å². The zero-order chi connectivity index (χ0) is 20.2. The fourth-order valence-electron chi connectivity index (χ4n) is 3.63. The molecule has 2 aliphatic rings. The van der Waals surface area contributed by atoms with Crippen LogP contribution in [0, 0.1) is 5.92 Å². The summed E-state index contributed by atoms with van der Waals surface area (Å²) in [5.41, 5.74) is 3.45. The maximum Gasteiger partial charge on any atom is 0.309 e. The number of fused-ring (bicyclic) bond motifs is 1. The number of carboxylic acids is 1. The summed E-state index contributed by atoms with van der Waals surface area (Å²) in [7, 11) is 0. The third-order valence-corrected chi connectivity index (χ3v) is 5.53. The molecule has 5 nitrogen and oxygen atoms in total. The van der Waals surface area contributed by atoms with E-state index in [1.165, 1.54) is 5.56 Å². The molecule has 6 heteroatoms. The van der Waals surface area contributed by atoms with Gasteiger partial charge in [0, 0.05) is 36.3 Å². The Labute approximate surface area is 175 Å². The SMILES string of the molecule is O=C(O)C1CN(CC2=Cc3ccc(OCCCc4ccc(Cl)cc4)cc3OC2)C1. The van der Waals surface area contributed by atoms with E-state index >= 15 is 0 Å². The Morgan fingerprint density at radius 2 is 2.00 bits per heavy atom. The van der Waals surface area contributed by atoms with Crippen LogP contribution in [0.4, 0.5) is 0 Å². The third kappa shape index (κ3) is 5.11. The lowest BCUT2D eigenvalue weighted by Crippen LogP contribution is -2.51. The predicted molar refractivity (Wildman–Crippen MR) is 113 cm³/mol. The minimum Gasteiger partial charge on any atom is -0.493 e. The molecule has 2 heterocycles. The van der Waals surface area contributed by atoms with E-state index in [-0.39, 0.29) is 5.92 Å². The minimum absolute atomic E-state index is 0.230. The van der Waals surface area contributed by atoms with Gasteiger partial charge in [0.15, 0.2) is 0 Å². The van der Waals surface area contributed by atoms with E-state index < -0.39 is 5.97 Å². The van der Waals surface area contributed by atoms with Crippen molar-refractivity contribution in [2.24, 2.45) is 5.92 Å². The monoisotopic (exact) mass is 413 g/mol. The Bertz CT molecular complexity index is 904. The number of benzene rings is 2. The molecule has 2 aliphatic heterocycles. The molecule has 0 aliphatic carbocycles. The maximum absolute atomic E-state index is 10.9. The van der Waals surface area contributed by atoms with Gasteiger partial charge in [-0.3, -0.25) is 9.69 Å². The smallest absolute Gasteiger partial charge is 0.309 e. The summed E-state index contributed by atoms with van der Waals surface area (Å²) in [4.78, 5) is 13.0. The number of aryl methyl sites for hydroxylation is 1. The molecule has 0 amide bonds. The number of halogens is 1. The standard InChI is InChI=1S/C23H24ClNO4/c24-20-6-3-16(4-7-20)2-1-9-28-21-8-5-18-10-17(15-29-22(18)11-21)12-25-13-19(14-25)23(26)27/h3-8,10-11,19H,1-2,9,12-15H2,(H,26,27). The Morgan fingerprint density at radius 1 is 1.21 bits per heavy atom. The van der Waals surface area contributed by atoms with Gasteiger partial charge in [0.2, 0.25) is 0 Å². The Morgan fingerprint density at radius 3 is 2.76 bits per heavy atom. The minimum atomic E-state index is -0.707. The first-order valence-corrected chi connectivity index (χ1v) is 10.2. The molecular formula is C23H24ClNO4. The zero-order valence-electron chi connectivity index (χ0n) is 16.1. The van der Waals surface area contributed by atoms with Gasteiger partial charge in [-0.2, -0.15) is 0 Å². The van der Waals surface area contributed by atoms with Gasteiger partial charge in [-0.1, -0.05) is 23.7 Å². The largest absolute Gasteiger partial charge is 0.493 e. The first-order valence-electron chi connectivity index (χ1n) is 9.85. The van der Waals surface area contributed by atoms with Gasteiger partial charge in [-0.05, 0) is 54.3 Å². The molecule has 0 unspecified atom stereocenters. The van der Waals surface area contributed by atoms with E-state index in [1.54, 1.807) is 0 Å². The van der Waals surface area contributed by atoms with Crippen LogP contribution in [-0.2, 0) is 11.2 Å². The van der Waals surface area contributed by atoms with Crippen molar-refractivity contribution in [1.82, 2.24) is 4.90 Å². The van der Waals surface area contributed by atoms with Crippen LogP contribution in [0.2, 0.25) is 5.02 Å². The lowest BCUT2D eigenvalue weighted by molar-refractivity contribution is -0.147. The molecule has 0 spiro atoms. The first-order chi connectivity index (χ1) is 14.1. The number of likely N-dealkylation sites (tertiary alicyclic amines) is 1. The van der Waals surface area contributed by atoms with Crippen molar-refractivity contribution in [3.05, 3.63) is 64.2 Å². The van der Waals surface area contributed by atoms with Crippen molar-refractivity contribution in [2.45, 2.75) is 12.8 Å². The van der Waals surface area contributed by atoms with E-state index in [0.29, 0.717) is 26.3 Å². The summed E-state index contributed by atoms with van der Waals surface area (Å²) >= 11 is 5.91. The highest BCUT2D eigenvalue weighted by Gasteiger charge is 2.32. The van der Waals surface area contributed by atoms with Crippen LogP contribution in [0.1, 0.15) is 17.5 Å². The number of carboxylic acid groups (broad SMARTS) is 1. The molecule has 29 heavy (non-hydrogen) atoms. The second-order valence-corrected chi connectivity index (χ2v) is 8.04. The van der Waals surface area contributed by atoms with Gasteiger partial charge < -0.3 is 14.6 Å². The summed E-state index contributed by atoms with van der Waals surface area (Å²) < 4.78 is 11.8. The van der Waals surface area contributed by atoms with Crippen LogP contribution in [0.5, 0.6) is 11.5 Å². The van der Waals surface area contributed by atoms with Crippen LogP contribution < -0.4 is 9.47 Å². The normalized spacial score (nSPS) is 16.4. The van der Waals surface area contributed by atoms with Gasteiger partial charge in [0.1, 0.15) is 18.1 Å². The predicted octanol–water partition coefficient (Wildman–Crippen LogP) is 4.14. The van der Waals surface area contributed by atoms with Crippen molar-refractivity contribution in [1.29, 1.82) is 0 Å². The maximum atomic E-state index is 10.9. The van der Waals surface area contributed by atoms with Gasteiger partial charge in [-0.15, -0.1) is 0 Å². The molecule has 1 fully saturated rings. The van der Waals surface area contributed by atoms with Crippen molar-refractivity contribution in [2.75, 3.05) is 32.8 Å². The molecule has 2 aromatic rings. The fourth-order valence-corrected chi connectivity index (χ4v) is 3.76. The summed E-state index contributed by atoms with van der Waals surface area (Å²) in [5, 5.41) is 9.73. The molecule has 0 atom stereocenters. The van der Waals surface area contributed by atoms with E-state index in [9.17, 15) is 4.79 Å². The lowest BCUT2D eigenvalue weighted by Gasteiger charge is -2.37. The van der Waals surface area contributed by atoms with Crippen LogP contribution >= 0.6 is 11.6 Å². The van der Waals surface area contributed by atoms with Crippen molar-refractivity contribution >= 4 is 23.6 Å². The molecular weight excluding hydrogens is 390 g/mol. The third-order valence-electron chi connectivity index (χ3n) is 5.28. The number of nitrogens with zero attached hydrogens (tertiary/aromatic N) is 1. The van der Waals surface area contributed by atoms with Crippen LogP contribution in [0.3, 0.4) is 0 Å². The van der Waals surface area contributed by atoms with Gasteiger partial charge in [0.05, 0.1) is 12.5 Å². The Kier molecular flexibility index (Phi) is 6.07. The molecule has 4 rings (SSSR count). The molecule has 0 saturated carbocycles. The number of rotatable bonds is 8. The first kappa shape index (κ1) is 19.8.